The Bertz CT molecular complexity index is 734. The molecule has 4 heteroatoms. The maximum Gasteiger partial charge on any atom is 0.137 e. The van der Waals surface area contributed by atoms with Crippen molar-refractivity contribution in [1.29, 1.82) is 0 Å². The van der Waals surface area contributed by atoms with E-state index in [0.29, 0.717) is 10.6 Å². The summed E-state index contributed by atoms with van der Waals surface area (Å²) < 4.78 is 15.7. The van der Waals surface area contributed by atoms with Crippen LogP contribution in [-0.4, -0.2) is 9.38 Å². The Morgan fingerprint density at radius 2 is 1.94 bits per heavy atom. The lowest BCUT2D eigenvalue weighted by molar-refractivity contribution is 0.630. The van der Waals surface area contributed by atoms with Crippen LogP contribution in [0.15, 0.2) is 42.6 Å². The highest BCUT2D eigenvalue weighted by molar-refractivity contribution is 6.30. The van der Waals surface area contributed by atoms with Crippen LogP contribution >= 0.6 is 11.6 Å². The highest BCUT2D eigenvalue weighted by atomic mass is 35.5. The Balaban J connectivity index is 2.38. The van der Waals surface area contributed by atoms with E-state index < -0.39 is 0 Å². The van der Waals surface area contributed by atoms with Crippen LogP contribution < -0.4 is 0 Å². The normalized spacial score (nSPS) is 11.1. The second-order valence-electron chi connectivity index (χ2n) is 4.10. The number of halogens is 2. The van der Waals surface area contributed by atoms with Gasteiger partial charge in [-0.1, -0.05) is 23.7 Å². The van der Waals surface area contributed by atoms with Gasteiger partial charge in [-0.05, 0) is 31.2 Å². The summed E-state index contributed by atoms with van der Waals surface area (Å²) in [7, 11) is 0. The van der Waals surface area contributed by atoms with E-state index in [2.05, 4.69) is 4.98 Å². The fourth-order valence-corrected chi connectivity index (χ4v) is 2.27. The third-order valence-electron chi connectivity index (χ3n) is 2.89. The van der Waals surface area contributed by atoms with Gasteiger partial charge in [0.15, 0.2) is 0 Å². The minimum Gasteiger partial charge on any atom is -0.298 e. The highest BCUT2D eigenvalue weighted by Crippen LogP contribution is 2.27. The summed E-state index contributed by atoms with van der Waals surface area (Å²) >= 11 is 5.98. The lowest BCUT2D eigenvalue weighted by Crippen LogP contribution is -1.92. The first-order chi connectivity index (χ1) is 8.66. The molecule has 90 valence electrons. The van der Waals surface area contributed by atoms with Gasteiger partial charge in [0.2, 0.25) is 0 Å². The van der Waals surface area contributed by atoms with Crippen molar-refractivity contribution in [3.05, 3.63) is 59.1 Å². The summed E-state index contributed by atoms with van der Waals surface area (Å²) in [6.07, 6.45) is 1.75. The van der Waals surface area contributed by atoms with Gasteiger partial charge in [-0.15, -0.1) is 0 Å². The largest absolute Gasteiger partial charge is 0.298 e. The number of aromatic nitrogens is 2. The molecule has 2 heterocycles. The maximum absolute atomic E-state index is 13.9. The highest BCUT2D eigenvalue weighted by Gasteiger charge is 2.14. The van der Waals surface area contributed by atoms with Crippen molar-refractivity contribution in [3.63, 3.8) is 0 Å². The van der Waals surface area contributed by atoms with Gasteiger partial charge in [-0.2, -0.15) is 0 Å². The van der Waals surface area contributed by atoms with E-state index in [1.165, 1.54) is 6.07 Å². The molecule has 0 aliphatic heterocycles. The number of benzene rings is 1. The van der Waals surface area contributed by atoms with Crippen molar-refractivity contribution in [2.24, 2.45) is 0 Å². The van der Waals surface area contributed by atoms with Crippen LogP contribution in [0.4, 0.5) is 4.39 Å². The third-order valence-corrected chi connectivity index (χ3v) is 3.11. The van der Waals surface area contributed by atoms with Crippen LogP contribution in [-0.2, 0) is 0 Å². The fourth-order valence-electron chi connectivity index (χ4n) is 2.11. The van der Waals surface area contributed by atoms with Crippen molar-refractivity contribution in [2.45, 2.75) is 6.92 Å². The molecule has 3 aromatic rings. The third kappa shape index (κ3) is 1.68. The van der Waals surface area contributed by atoms with E-state index in [-0.39, 0.29) is 5.82 Å². The van der Waals surface area contributed by atoms with E-state index in [4.69, 9.17) is 11.6 Å². The summed E-state index contributed by atoms with van der Waals surface area (Å²) in [5.74, 6) is -0.262. The number of imidazole rings is 1. The molecular weight excluding hydrogens is 251 g/mol. The average molecular weight is 261 g/mol. The minimum atomic E-state index is -0.262. The molecule has 3 rings (SSSR count). The Morgan fingerprint density at radius 1 is 1.17 bits per heavy atom. The number of nitrogens with zero attached hydrogens (tertiary/aromatic N) is 2. The van der Waals surface area contributed by atoms with E-state index in [0.717, 1.165) is 17.0 Å². The predicted molar refractivity (Wildman–Crippen MR) is 70.3 cm³/mol. The summed E-state index contributed by atoms with van der Waals surface area (Å²) in [6, 6.07) is 10.3. The van der Waals surface area contributed by atoms with E-state index in [1.54, 1.807) is 24.4 Å². The van der Waals surface area contributed by atoms with Crippen LogP contribution in [0.3, 0.4) is 0 Å². The van der Waals surface area contributed by atoms with Gasteiger partial charge in [0.1, 0.15) is 11.5 Å². The Morgan fingerprint density at radius 3 is 2.72 bits per heavy atom. The van der Waals surface area contributed by atoms with E-state index in [1.807, 2.05) is 23.5 Å². The number of aryl methyl sites for hydroxylation is 1. The number of hydrogen-bond acceptors (Lipinski definition) is 1. The number of hydrogen-bond donors (Lipinski definition) is 0. The molecule has 2 nitrogen and oxygen atoms in total. The number of rotatable bonds is 1. The van der Waals surface area contributed by atoms with Gasteiger partial charge in [-0.3, -0.25) is 4.40 Å². The van der Waals surface area contributed by atoms with Crippen molar-refractivity contribution in [3.8, 4) is 11.3 Å². The minimum absolute atomic E-state index is 0.262. The molecule has 0 atom stereocenters. The van der Waals surface area contributed by atoms with Gasteiger partial charge in [0.25, 0.3) is 0 Å². The Hall–Kier alpha value is -1.87. The molecular formula is C14H10ClFN2. The summed E-state index contributed by atoms with van der Waals surface area (Å²) in [5.41, 5.74) is 2.81. The van der Waals surface area contributed by atoms with Crippen molar-refractivity contribution >= 4 is 17.2 Å². The summed E-state index contributed by atoms with van der Waals surface area (Å²) in [6.45, 7) is 1.86. The quantitative estimate of drug-likeness (QED) is 0.644. The zero-order valence-electron chi connectivity index (χ0n) is 9.69. The molecule has 0 N–H and O–H groups in total. The van der Waals surface area contributed by atoms with Gasteiger partial charge >= 0.3 is 0 Å². The van der Waals surface area contributed by atoms with Gasteiger partial charge in [-0.25, -0.2) is 9.37 Å². The Kier molecular flexibility index (Phi) is 2.56. The summed E-state index contributed by atoms with van der Waals surface area (Å²) in [5, 5.41) is 0.595. The predicted octanol–water partition coefficient (Wildman–Crippen LogP) is 4.10. The molecule has 0 saturated carbocycles. The second-order valence-corrected chi connectivity index (χ2v) is 4.54. The molecule has 0 saturated heterocycles. The van der Waals surface area contributed by atoms with Crippen LogP contribution in [0.1, 0.15) is 5.69 Å². The molecule has 1 aromatic carbocycles. The van der Waals surface area contributed by atoms with Crippen LogP contribution in [0.25, 0.3) is 16.9 Å². The maximum atomic E-state index is 13.9. The SMILES string of the molecule is Cc1nc2ccc(Cl)cn2c1-c1ccccc1F. The molecule has 0 aliphatic rings. The molecule has 18 heavy (non-hydrogen) atoms. The van der Waals surface area contributed by atoms with Crippen molar-refractivity contribution < 1.29 is 4.39 Å². The summed E-state index contributed by atoms with van der Waals surface area (Å²) in [4.78, 5) is 4.41. The fraction of sp³-hybridized carbons (Fsp3) is 0.0714. The van der Waals surface area contributed by atoms with Crippen LogP contribution in [0, 0.1) is 12.7 Å². The number of pyridine rings is 1. The lowest BCUT2D eigenvalue weighted by atomic mass is 10.1. The first kappa shape index (κ1) is 11.2. The van der Waals surface area contributed by atoms with Gasteiger partial charge in [0.05, 0.1) is 16.4 Å². The molecule has 0 bridgehead atoms. The number of fused-ring (bicyclic) bond motifs is 1. The zero-order valence-corrected chi connectivity index (χ0v) is 10.4. The van der Waals surface area contributed by atoms with Crippen molar-refractivity contribution in [1.82, 2.24) is 9.38 Å². The van der Waals surface area contributed by atoms with Gasteiger partial charge in [0, 0.05) is 11.8 Å². The Labute approximate surface area is 109 Å². The van der Waals surface area contributed by atoms with Crippen LogP contribution in [0.5, 0.6) is 0 Å². The molecule has 0 aliphatic carbocycles. The molecule has 0 fully saturated rings. The first-order valence-electron chi connectivity index (χ1n) is 5.56. The zero-order chi connectivity index (χ0) is 12.7. The first-order valence-corrected chi connectivity index (χ1v) is 5.94. The molecule has 0 spiro atoms. The van der Waals surface area contributed by atoms with E-state index in [9.17, 15) is 4.39 Å². The smallest absolute Gasteiger partial charge is 0.137 e. The second kappa shape index (κ2) is 4.10. The molecule has 2 aromatic heterocycles. The van der Waals surface area contributed by atoms with Gasteiger partial charge < -0.3 is 0 Å². The molecule has 0 unspecified atom stereocenters. The van der Waals surface area contributed by atoms with E-state index >= 15 is 0 Å². The topological polar surface area (TPSA) is 17.3 Å². The molecule has 0 amide bonds. The average Bonchev–Trinajstić information content (AvgIpc) is 2.66. The molecule has 0 radical (unpaired) electrons. The van der Waals surface area contributed by atoms with Crippen molar-refractivity contribution in [2.75, 3.05) is 0 Å². The van der Waals surface area contributed by atoms with Crippen LogP contribution in [0.2, 0.25) is 5.02 Å². The monoisotopic (exact) mass is 260 g/mol. The lowest BCUT2D eigenvalue weighted by Gasteiger charge is -2.05. The standard InChI is InChI=1S/C14H10ClFN2/c1-9-14(11-4-2-3-5-12(11)16)18-8-10(15)6-7-13(18)17-9/h2-8H,1H3.